The third-order valence-electron chi connectivity index (χ3n) is 1.91. The van der Waals surface area contributed by atoms with Crippen LogP contribution >= 0.6 is 0 Å². The highest BCUT2D eigenvalue weighted by Gasteiger charge is 2.58. The number of hydrogen-bond donors (Lipinski definition) is 1. The van der Waals surface area contributed by atoms with Gasteiger partial charge in [0.05, 0.1) is 6.20 Å². The van der Waals surface area contributed by atoms with E-state index in [2.05, 4.69) is 9.72 Å². The molecule has 1 aromatic rings. The highest BCUT2D eigenvalue weighted by atomic mass is 19.4. The molecule has 0 bridgehead atoms. The molecule has 10 heteroatoms. The fourth-order valence-corrected chi connectivity index (χ4v) is 0.888. The number of nitrogens with zero attached hydrogens (tertiary/aromatic N) is 2. The molecule has 1 heterocycles. The fourth-order valence-electron chi connectivity index (χ4n) is 0.888. The van der Waals surface area contributed by atoms with Crippen molar-refractivity contribution in [3.63, 3.8) is 0 Å². The van der Waals surface area contributed by atoms with E-state index < -0.39 is 36.0 Å². The summed E-state index contributed by atoms with van der Waals surface area (Å²) in [5.74, 6) is -5.85. The van der Waals surface area contributed by atoms with Gasteiger partial charge in [0.1, 0.15) is 0 Å². The predicted octanol–water partition coefficient (Wildman–Crippen LogP) is 1.06. The Kier molecular flexibility index (Phi) is 3.49. The van der Waals surface area contributed by atoms with Gasteiger partial charge in [0, 0.05) is 7.05 Å². The third-order valence-corrected chi connectivity index (χ3v) is 1.91. The van der Waals surface area contributed by atoms with Crippen LogP contribution in [0.4, 0.5) is 22.0 Å². The van der Waals surface area contributed by atoms with Gasteiger partial charge in [-0.1, -0.05) is 0 Å². The number of hydrogen-bond acceptors (Lipinski definition) is 4. The van der Waals surface area contributed by atoms with Crippen molar-refractivity contribution >= 4 is 0 Å². The molecule has 18 heavy (non-hydrogen) atoms. The summed E-state index contributed by atoms with van der Waals surface area (Å²) in [5, 5.41) is 8.90. The van der Waals surface area contributed by atoms with E-state index >= 15 is 0 Å². The molecule has 0 atom stereocenters. The minimum absolute atomic E-state index is 0.502. The molecule has 0 aliphatic carbocycles. The van der Waals surface area contributed by atoms with Gasteiger partial charge in [-0.2, -0.15) is 22.0 Å². The average Bonchev–Trinajstić information content (AvgIpc) is 2.23. The maximum atomic E-state index is 12.5. The van der Waals surface area contributed by atoms with Crippen molar-refractivity contribution in [2.24, 2.45) is 7.05 Å². The van der Waals surface area contributed by atoms with Gasteiger partial charge in [-0.05, 0) is 0 Å². The van der Waals surface area contributed by atoms with E-state index in [0.717, 1.165) is 7.05 Å². The van der Waals surface area contributed by atoms with Crippen molar-refractivity contribution in [3.8, 4) is 11.8 Å². The van der Waals surface area contributed by atoms with Gasteiger partial charge in [-0.25, -0.2) is 4.98 Å². The zero-order valence-corrected chi connectivity index (χ0v) is 8.83. The van der Waals surface area contributed by atoms with Crippen LogP contribution in [0.5, 0.6) is 11.8 Å². The molecular formula is C8H7F5N2O3. The van der Waals surface area contributed by atoms with Crippen LogP contribution in [0.3, 0.4) is 0 Å². The Balaban J connectivity index is 2.89. The number of aromatic nitrogens is 2. The zero-order valence-electron chi connectivity index (χ0n) is 8.83. The lowest BCUT2D eigenvalue weighted by Gasteiger charge is -2.19. The minimum Gasteiger partial charge on any atom is -0.502 e. The second-order valence-corrected chi connectivity index (χ2v) is 3.28. The molecule has 1 N–H and O–H groups in total. The molecule has 5 nitrogen and oxygen atoms in total. The lowest BCUT2D eigenvalue weighted by atomic mass is 10.3. The molecule has 1 aromatic heterocycles. The maximum absolute atomic E-state index is 12.5. The van der Waals surface area contributed by atoms with Gasteiger partial charge >= 0.3 is 12.1 Å². The fraction of sp³-hybridized carbons (Fsp3) is 0.500. The summed E-state index contributed by atoms with van der Waals surface area (Å²) in [4.78, 5) is 14.3. The molecule has 0 spiro atoms. The number of halogens is 5. The van der Waals surface area contributed by atoms with Crippen LogP contribution in [-0.2, 0) is 7.05 Å². The van der Waals surface area contributed by atoms with Crippen molar-refractivity contribution in [1.29, 1.82) is 0 Å². The summed E-state index contributed by atoms with van der Waals surface area (Å²) in [6.07, 6.45) is -5.17. The van der Waals surface area contributed by atoms with E-state index in [1.54, 1.807) is 0 Å². The Morgan fingerprint density at radius 1 is 1.39 bits per heavy atom. The molecule has 0 aliphatic heterocycles. The standard InChI is InChI=1S/C8H7F5N2O3/c1-15-5(17)4(16)2-14-6(15)18-3-7(9,10)8(11,12)13/h2,16H,3H2,1H3. The lowest BCUT2D eigenvalue weighted by molar-refractivity contribution is -0.290. The number of alkyl halides is 5. The van der Waals surface area contributed by atoms with Crippen molar-refractivity contribution in [3.05, 3.63) is 16.6 Å². The first-order valence-electron chi connectivity index (χ1n) is 4.38. The lowest BCUT2D eigenvalue weighted by Crippen LogP contribution is -2.42. The largest absolute Gasteiger partial charge is 0.502 e. The first-order valence-corrected chi connectivity index (χ1v) is 4.38. The Morgan fingerprint density at radius 3 is 2.44 bits per heavy atom. The van der Waals surface area contributed by atoms with E-state index in [4.69, 9.17) is 5.11 Å². The van der Waals surface area contributed by atoms with Crippen LogP contribution in [0.1, 0.15) is 0 Å². The monoisotopic (exact) mass is 274 g/mol. The Bertz CT molecular complexity index is 496. The van der Waals surface area contributed by atoms with Crippen LogP contribution in [0.25, 0.3) is 0 Å². The first-order chi connectivity index (χ1) is 8.06. The predicted molar refractivity (Wildman–Crippen MR) is 47.6 cm³/mol. The van der Waals surface area contributed by atoms with Crippen LogP contribution in [0, 0.1) is 0 Å². The van der Waals surface area contributed by atoms with Gasteiger partial charge in [0.15, 0.2) is 6.61 Å². The second-order valence-electron chi connectivity index (χ2n) is 3.28. The van der Waals surface area contributed by atoms with Crippen molar-refractivity contribution in [1.82, 2.24) is 9.55 Å². The Hall–Kier alpha value is -1.87. The molecule has 0 saturated heterocycles. The number of ether oxygens (including phenoxy) is 1. The highest BCUT2D eigenvalue weighted by molar-refractivity contribution is 5.14. The molecule has 0 saturated carbocycles. The van der Waals surface area contributed by atoms with Crippen LogP contribution < -0.4 is 10.3 Å². The van der Waals surface area contributed by atoms with Crippen LogP contribution in [0.15, 0.2) is 11.0 Å². The van der Waals surface area contributed by atoms with Gasteiger partial charge in [-0.3, -0.25) is 9.36 Å². The summed E-state index contributed by atoms with van der Waals surface area (Å²) >= 11 is 0. The molecule has 102 valence electrons. The van der Waals surface area contributed by atoms with Gasteiger partial charge in [0.2, 0.25) is 5.75 Å². The summed E-state index contributed by atoms with van der Waals surface area (Å²) in [6.45, 7) is -2.01. The van der Waals surface area contributed by atoms with Crippen LogP contribution in [0.2, 0.25) is 0 Å². The number of aromatic hydroxyl groups is 1. The topological polar surface area (TPSA) is 64.3 Å². The van der Waals surface area contributed by atoms with Gasteiger partial charge in [0.25, 0.3) is 11.6 Å². The van der Waals surface area contributed by atoms with Crippen molar-refractivity contribution in [2.75, 3.05) is 6.61 Å². The van der Waals surface area contributed by atoms with Crippen molar-refractivity contribution in [2.45, 2.75) is 12.1 Å². The molecular weight excluding hydrogens is 267 g/mol. The second kappa shape index (κ2) is 4.42. The number of rotatable bonds is 3. The summed E-state index contributed by atoms with van der Waals surface area (Å²) in [6, 6.07) is -0.762. The summed E-state index contributed by atoms with van der Waals surface area (Å²) < 4.78 is 65.1. The molecule has 0 aliphatic rings. The van der Waals surface area contributed by atoms with Gasteiger partial charge < -0.3 is 9.84 Å². The van der Waals surface area contributed by atoms with Gasteiger partial charge in [-0.15, -0.1) is 0 Å². The molecule has 1 rings (SSSR count). The summed E-state index contributed by atoms with van der Waals surface area (Å²) in [5.41, 5.74) is -1.03. The third kappa shape index (κ3) is 2.68. The highest BCUT2D eigenvalue weighted by Crippen LogP contribution is 2.35. The Labute approximate surface area is 96.4 Å². The van der Waals surface area contributed by atoms with E-state index in [-0.39, 0.29) is 0 Å². The van der Waals surface area contributed by atoms with E-state index in [0.29, 0.717) is 10.8 Å². The van der Waals surface area contributed by atoms with Crippen LogP contribution in [-0.4, -0.2) is 33.4 Å². The smallest absolute Gasteiger partial charge is 0.456 e. The van der Waals surface area contributed by atoms with E-state index in [1.165, 1.54) is 0 Å². The first kappa shape index (κ1) is 14.2. The summed E-state index contributed by atoms with van der Waals surface area (Å²) in [7, 11) is 0.996. The van der Waals surface area contributed by atoms with E-state index in [1.807, 2.05) is 0 Å². The zero-order chi connectivity index (χ0) is 14.1. The maximum Gasteiger partial charge on any atom is 0.456 e. The minimum atomic E-state index is -5.76. The quantitative estimate of drug-likeness (QED) is 0.837. The molecule has 0 radical (unpaired) electrons. The molecule has 0 amide bonds. The molecule has 0 fully saturated rings. The molecule has 0 aromatic carbocycles. The van der Waals surface area contributed by atoms with Crippen molar-refractivity contribution < 1.29 is 31.8 Å². The average molecular weight is 274 g/mol. The van der Waals surface area contributed by atoms with E-state index in [9.17, 15) is 26.7 Å². The Morgan fingerprint density at radius 2 is 1.94 bits per heavy atom. The SMILES string of the molecule is Cn1c(OCC(F)(F)C(F)(F)F)ncc(O)c1=O. The normalized spacial score (nSPS) is 12.6. The molecule has 0 unspecified atom stereocenters.